The van der Waals surface area contributed by atoms with Gasteiger partial charge in [0.1, 0.15) is 0 Å². The number of hydrogen-bond acceptors (Lipinski definition) is 2. The van der Waals surface area contributed by atoms with Crippen LogP contribution >= 0.6 is 0 Å². The summed E-state index contributed by atoms with van der Waals surface area (Å²) < 4.78 is 0. The first-order valence-electron chi connectivity index (χ1n) is 6.44. The van der Waals surface area contributed by atoms with E-state index in [0.717, 1.165) is 0 Å². The van der Waals surface area contributed by atoms with Gasteiger partial charge in [-0.05, 0) is 26.3 Å². The molecule has 0 aromatic rings. The van der Waals surface area contributed by atoms with Crippen LogP contribution in [0.4, 0.5) is 0 Å². The molecule has 1 fully saturated rings. The molecule has 1 saturated heterocycles. The molecule has 0 bridgehead atoms. The molecule has 0 saturated carbocycles. The summed E-state index contributed by atoms with van der Waals surface area (Å²) in [7, 11) is 2.22. The summed E-state index contributed by atoms with van der Waals surface area (Å²) in [6.45, 7) is 13.8. The molecule has 2 heteroatoms. The van der Waals surface area contributed by atoms with Crippen LogP contribution in [-0.4, -0.2) is 49.1 Å². The van der Waals surface area contributed by atoms with Crippen LogP contribution in [-0.2, 0) is 0 Å². The van der Waals surface area contributed by atoms with Gasteiger partial charge in [-0.25, -0.2) is 0 Å². The second kappa shape index (κ2) is 6.49. The summed E-state index contributed by atoms with van der Waals surface area (Å²) in [5, 5.41) is 0. The van der Waals surface area contributed by atoms with Crippen molar-refractivity contribution in [3.05, 3.63) is 6.92 Å². The zero-order valence-corrected chi connectivity index (χ0v) is 10.7. The normalized spacial score (nSPS) is 24.0. The molecule has 89 valence electrons. The van der Waals surface area contributed by atoms with E-state index in [2.05, 4.69) is 37.6 Å². The van der Waals surface area contributed by atoms with Crippen molar-refractivity contribution >= 4 is 0 Å². The summed E-state index contributed by atoms with van der Waals surface area (Å²) in [5.74, 6) is 0.605. The fourth-order valence-corrected chi connectivity index (χ4v) is 2.44. The lowest BCUT2D eigenvalue weighted by atomic mass is 9.93. The van der Waals surface area contributed by atoms with Crippen LogP contribution in [0.5, 0.6) is 0 Å². The second-order valence-electron chi connectivity index (χ2n) is 4.86. The Hall–Kier alpha value is -0.0800. The summed E-state index contributed by atoms with van der Waals surface area (Å²) in [5.41, 5.74) is 0. The third kappa shape index (κ3) is 3.76. The van der Waals surface area contributed by atoms with Crippen molar-refractivity contribution in [1.29, 1.82) is 0 Å². The second-order valence-corrected chi connectivity index (χ2v) is 4.86. The Morgan fingerprint density at radius 3 is 2.20 bits per heavy atom. The van der Waals surface area contributed by atoms with Gasteiger partial charge in [0.2, 0.25) is 0 Å². The molecule has 2 atom stereocenters. The molecule has 0 amide bonds. The van der Waals surface area contributed by atoms with E-state index in [4.69, 9.17) is 0 Å². The van der Waals surface area contributed by atoms with Crippen molar-refractivity contribution in [3.8, 4) is 0 Å². The maximum Gasteiger partial charge on any atom is 0.0124 e. The van der Waals surface area contributed by atoms with Crippen LogP contribution in [0.15, 0.2) is 0 Å². The Balaban J connectivity index is 2.47. The number of rotatable bonds is 5. The zero-order chi connectivity index (χ0) is 11.3. The van der Waals surface area contributed by atoms with Crippen molar-refractivity contribution in [2.45, 2.75) is 39.2 Å². The van der Waals surface area contributed by atoms with Crippen molar-refractivity contribution in [2.75, 3.05) is 33.2 Å². The van der Waals surface area contributed by atoms with Gasteiger partial charge in [-0.3, -0.25) is 4.90 Å². The maximum atomic E-state index is 4.31. The molecule has 0 aliphatic carbocycles. The molecule has 1 heterocycles. The van der Waals surface area contributed by atoms with Gasteiger partial charge < -0.3 is 4.90 Å². The third-order valence-electron chi connectivity index (χ3n) is 3.66. The summed E-state index contributed by atoms with van der Waals surface area (Å²) in [6, 6.07) is 0.716. The molecular weight excluding hydrogens is 184 g/mol. The molecule has 15 heavy (non-hydrogen) atoms. The van der Waals surface area contributed by atoms with Crippen molar-refractivity contribution in [1.82, 2.24) is 9.80 Å². The Morgan fingerprint density at radius 1 is 1.13 bits per heavy atom. The SMILES string of the molecule is [CH2]C(CC)C(CCC)N1CCN(C)CC1. The van der Waals surface area contributed by atoms with Gasteiger partial charge in [0, 0.05) is 32.2 Å². The van der Waals surface area contributed by atoms with Crippen LogP contribution in [0.25, 0.3) is 0 Å². The molecular formula is C13H27N2. The highest BCUT2D eigenvalue weighted by atomic mass is 15.3. The summed E-state index contributed by atoms with van der Waals surface area (Å²) in [6.07, 6.45) is 3.80. The molecule has 2 nitrogen and oxygen atoms in total. The molecule has 2 unspecified atom stereocenters. The molecule has 1 aliphatic rings. The highest BCUT2D eigenvalue weighted by Gasteiger charge is 2.25. The molecule has 1 rings (SSSR count). The van der Waals surface area contributed by atoms with Crippen LogP contribution in [0.1, 0.15) is 33.1 Å². The lowest BCUT2D eigenvalue weighted by Gasteiger charge is -2.40. The predicted octanol–water partition coefficient (Wildman–Crippen LogP) is 2.26. The van der Waals surface area contributed by atoms with E-state index < -0.39 is 0 Å². The minimum Gasteiger partial charge on any atom is -0.304 e. The monoisotopic (exact) mass is 211 g/mol. The number of hydrogen-bond donors (Lipinski definition) is 0. The van der Waals surface area contributed by atoms with E-state index in [0.29, 0.717) is 12.0 Å². The van der Waals surface area contributed by atoms with Crippen LogP contribution in [0, 0.1) is 12.8 Å². The van der Waals surface area contributed by atoms with Crippen molar-refractivity contribution < 1.29 is 0 Å². The van der Waals surface area contributed by atoms with Gasteiger partial charge in [0.25, 0.3) is 0 Å². The number of likely N-dealkylation sites (N-methyl/N-ethyl adjacent to an activating group) is 1. The van der Waals surface area contributed by atoms with Crippen LogP contribution in [0.2, 0.25) is 0 Å². The minimum atomic E-state index is 0.605. The first-order chi connectivity index (χ1) is 7.19. The summed E-state index contributed by atoms with van der Waals surface area (Å²) in [4.78, 5) is 5.08. The van der Waals surface area contributed by atoms with E-state index in [-0.39, 0.29) is 0 Å². The smallest absolute Gasteiger partial charge is 0.0124 e. The minimum absolute atomic E-state index is 0.605. The first-order valence-corrected chi connectivity index (χ1v) is 6.44. The predicted molar refractivity (Wildman–Crippen MR) is 66.9 cm³/mol. The largest absolute Gasteiger partial charge is 0.304 e. The van der Waals surface area contributed by atoms with Crippen LogP contribution in [0.3, 0.4) is 0 Å². The highest BCUT2D eigenvalue weighted by molar-refractivity contribution is 4.83. The number of nitrogens with zero attached hydrogens (tertiary/aromatic N) is 2. The van der Waals surface area contributed by atoms with Crippen molar-refractivity contribution in [2.24, 2.45) is 5.92 Å². The van der Waals surface area contributed by atoms with E-state index >= 15 is 0 Å². The highest BCUT2D eigenvalue weighted by Crippen LogP contribution is 2.20. The fourth-order valence-electron chi connectivity index (χ4n) is 2.44. The topological polar surface area (TPSA) is 6.48 Å². The van der Waals surface area contributed by atoms with Crippen LogP contribution < -0.4 is 0 Å². The van der Waals surface area contributed by atoms with E-state index in [1.807, 2.05) is 0 Å². The van der Waals surface area contributed by atoms with Gasteiger partial charge in [0.15, 0.2) is 0 Å². The average molecular weight is 211 g/mol. The standard InChI is InChI=1S/C13H27N2/c1-5-7-13(12(3)6-2)15-10-8-14(4)9-11-15/h12-13H,3,5-11H2,1-2,4H3. The van der Waals surface area contributed by atoms with E-state index in [1.54, 1.807) is 0 Å². The molecule has 1 aliphatic heterocycles. The van der Waals surface area contributed by atoms with E-state index in [1.165, 1.54) is 45.4 Å². The number of piperazine rings is 1. The average Bonchev–Trinajstić information content (AvgIpc) is 2.26. The van der Waals surface area contributed by atoms with Gasteiger partial charge in [-0.1, -0.05) is 26.7 Å². The molecule has 0 N–H and O–H groups in total. The lowest BCUT2D eigenvalue weighted by molar-refractivity contribution is 0.0838. The quantitative estimate of drug-likeness (QED) is 0.688. The van der Waals surface area contributed by atoms with Gasteiger partial charge >= 0.3 is 0 Å². The lowest BCUT2D eigenvalue weighted by Crippen LogP contribution is -2.50. The Bertz CT molecular complexity index is 162. The molecule has 0 aromatic carbocycles. The Labute approximate surface area is 95.6 Å². The maximum absolute atomic E-state index is 4.31. The Kier molecular flexibility index (Phi) is 5.62. The first kappa shape index (κ1) is 13.0. The van der Waals surface area contributed by atoms with E-state index in [9.17, 15) is 0 Å². The molecule has 0 spiro atoms. The fraction of sp³-hybridized carbons (Fsp3) is 0.923. The molecule has 0 aromatic heterocycles. The summed E-state index contributed by atoms with van der Waals surface area (Å²) >= 11 is 0. The third-order valence-corrected chi connectivity index (χ3v) is 3.66. The van der Waals surface area contributed by atoms with Crippen molar-refractivity contribution in [3.63, 3.8) is 0 Å². The van der Waals surface area contributed by atoms with Gasteiger partial charge in [0.05, 0.1) is 0 Å². The molecule has 1 radical (unpaired) electrons. The Morgan fingerprint density at radius 2 is 1.73 bits per heavy atom. The van der Waals surface area contributed by atoms with Gasteiger partial charge in [-0.15, -0.1) is 0 Å². The van der Waals surface area contributed by atoms with Gasteiger partial charge in [-0.2, -0.15) is 0 Å². The zero-order valence-electron chi connectivity index (χ0n) is 10.7.